The van der Waals surface area contributed by atoms with Gasteiger partial charge in [-0.05, 0) is 49.2 Å². The van der Waals surface area contributed by atoms with Crippen LogP contribution in [-0.2, 0) is 19.6 Å². The molecule has 0 bridgehead atoms. The van der Waals surface area contributed by atoms with Crippen LogP contribution in [0.2, 0.25) is 5.02 Å². The van der Waals surface area contributed by atoms with Crippen LogP contribution in [0.25, 0.3) is 16.9 Å². The fourth-order valence-electron chi connectivity index (χ4n) is 4.73. The van der Waals surface area contributed by atoms with Gasteiger partial charge in [0.2, 0.25) is 21.9 Å². The summed E-state index contributed by atoms with van der Waals surface area (Å²) in [6.45, 7) is 0.152. The molecule has 3 aromatic carbocycles. The topological polar surface area (TPSA) is 112 Å². The number of nitrogens with one attached hydrogen (secondary N) is 1. The van der Waals surface area contributed by atoms with Crippen molar-refractivity contribution in [3.8, 4) is 28.4 Å². The second-order valence-electron chi connectivity index (χ2n) is 9.66. The lowest BCUT2D eigenvalue weighted by Crippen LogP contribution is -2.42. The van der Waals surface area contributed by atoms with Gasteiger partial charge in [0.15, 0.2) is 11.5 Å². The van der Waals surface area contributed by atoms with E-state index in [1.54, 1.807) is 30.0 Å². The van der Waals surface area contributed by atoms with Gasteiger partial charge in [0.25, 0.3) is 0 Å². The number of anilines is 1. The first-order valence-corrected chi connectivity index (χ1v) is 15.1. The van der Waals surface area contributed by atoms with Gasteiger partial charge in [0.1, 0.15) is 0 Å². The first-order valence-electron chi connectivity index (χ1n) is 13.3. The van der Waals surface area contributed by atoms with Crippen LogP contribution in [0.1, 0.15) is 12.8 Å². The highest BCUT2D eigenvalue weighted by Gasteiger charge is 2.31. The average molecular weight is 611 g/mol. The zero-order chi connectivity index (χ0) is 29.7. The van der Waals surface area contributed by atoms with Gasteiger partial charge in [-0.15, -0.1) is 0 Å². The monoisotopic (exact) mass is 610 g/mol. The van der Waals surface area contributed by atoms with Crippen LogP contribution >= 0.6 is 11.6 Å². The van der Waals surface area contributed by atoms with Crippen LogP contribution in [0.3, 0.4) is 0 Å². The SMILES string of the molecule is COc1ccc(-n2cc(-c3ccccc3)nc2NC(=O)CN(C[C@H]2CCCO2)S(=O)(=O)c2ccc(Cl)cc2)cc1OC. The number of rotatable bonds is 11. The summed E-state index contributed by atoms with van der Waals surface area (Å²) in [5.41, 5.74) is 2.12. The molecule has 0 aliphatic carbocycles. The number of hydrogen-bond donors (Lipinski definition) is 1. The summed E-state index contributed by atoms with van der Waals surface area (Å²) in [6.07, 6.45) is 3.02. The van der Waals surface area contributed by atoms with E-state index >= 15 is 0 Å². The van der Waals surface area contributed by atoms with Crippen LogP contribution in [-0.4, -0.2) is 68.2 Å². The molecule has 1 saturated heterocycles. The third kappa shape index (κ3) is 6.60. The minimum Gasteiger partial charge on any atom is -0.493 e. The van der Waals surface area contributed by atoms with Crippen molar-refractivity contribution < 1.29 is 27.4 Å². The molecular weight excluding hydrogens is 580 g/mol. The van der Waals surface area contributed by atoms with Crippen LogP contribution in [0.15, 0.2) is 83.9 Å². The predicted molar refractivity (Wildman–Crippen MR) is 160 cm³/mol. The molecule has 5 rings (SSSR count). The van der Waals surface area contributed by atoms with Crippen LogP contribution in [0.5, 0.6) is 11.5 Å². The summed E-state index contributed by atoms with van der Waals surface area (Å²) in [5, 5.41) is 3.24. The van der Waals surface area contributed by atoms with E-state index in [2.05, 4.69) is 10.3 Å². The highest BCUT2D eigenvalue weighted by Crippen LogP contribution is 2.32. The van der Waals surface area contributed by atoms with E-state index in [0.29, 0.717) is 40.9 Å². The van der Waals surface area contributed by atoms with Crippen LogP contribution in [0, 0.1) is 0 Å². The molecule has 10 nitrogen and oxygen atoms in total. The molecule has 42 heavy (non-hydrogen) atoms. The Balaban J connectivity index is 1.47. The zero-order valence-electron chi connectivity index (χ0n) is 23.2. The number of methoxy groups -OCH3 is 2. The van der Waals surface area contributed by atoms with Crippen molar-refractivity contribution in [2.45, 2.75) is 23.8 Å². The molecule has 1 aromatic heterocycles. The molecule has 1 atom stereocenters. The predicted octanol–water partition coefficient (Wildman–Crippen LogP) is 5.02. The lowest BCUT2D eigenvalue weighted by molar-refractivity contribution is -0.116. The molecule has 1 aliphatic heterocycles. The Morgan fingerprint density at radius 1 is 1.07 bits per heavy atom. The molecular formula is C30H31ClN4O6S. The molecule has 1 aliphatic rings. The van der Waals surface area contributed by atoms with Crippen molar-refractivity contribution in [3.05, 3.63) is 84.0 Å². The molecule has 0 saturated carbocycles. The van der Waals surface area contributed by atoms with E-state index in [0.717, 1.165) is 16.3 Å². The number of carbonyl (C=O) groups excluding carboxylic acids is 1. The summed E-state index contributed by atoms with van der Waals surface area (Å²) in [6, 6.07) is 20.7. The molecule has 1 fully saturated rings. The Kier molecular flexibility index (Phi) is 9.12. The van der Waals surface area contributed by atoms with Crippen molar-refractivity contribution in [1.29, 1.82) is 0 Å². The maximum atomic E-state index is 13.6. The van der Waals surface area contributed by atoms with E-state index in [1.165, 1.54) is 31.4 Å². The first-order chi connectivity index (χ1) is 20.3. The van der Waals surface area contributed by atoms with E-state index < -0.39 is 22.5 Å². The van der Waals surface area contributed by atoms with E-state index in [9.17, 15) is 13.2 Å². The number of hydrogen-bond acceptors (Lipinski definition) is 7. The van der Waals surface area contributed by atoms with Crippen molar-refractivity contribution in [1.82, 2.24) is 13.9 Å². The van der Waals surface area contributed by atoms with E-state index in [1.807, 2.05) is 36.4 Å². The summed E-state index contributed by atoms with van der Waals surface area (Å²) >= 11 is 5.98. The summed E-state index contributed by atoms with van der Waals surface area (Å²) in [4.78, 5) is 18.2. The van der Waals surface area contributed by atoms with Crippen molar-refractivity contribution in [2.75, 3.05) is 39.2 Å². The Bertz CT molecular complexity index is 1640. The van der Waals surface area contributed by atoms with Gasteiger partial charge < -0.3 is 14.2 Å². The molecule has 220 valence electrons. The fraction of sp³-hybridized carbons (Fsp3) is 0.267. The number of aromatic nitrogens is 2. The summed E-state index contributed by atoms with van der Waals surface area (Å²) in [5.74, 6) is 0.705. The Morgan fingerprint density at radius 2 is 1.81 bits per heavy atom. The van der Waals surface area contributed by atoms with Crippen molar-refractivity contribution in [3.63, 3.8) is 0 Å². The number of benzene rings is 3. The number of carbonyl (C=O) groups is 1. The van der Waals surface area contributed by atoms with Gasteiger partial charge in [-0.3, -0.25) is 14.7 Å². The molecule has 0 spiro atoms. The van der Waals surface area contributed by atoms with Gasteiger partial charge in [-0.2, -0.15) is 4.31 Å². The third-order valence-electron chi connectivity index (χ3n) is 6.87. The quantitative estimate of drug-likeness (QED) is 0.254. The summed E-state index contributed by atoms with van der Waals surface area (Å²) < 4.78 is 46.7. The zero-order valence-corrected chi connectivity index (χ0v) is 24.8. The molecule has 0 radical (unpaired) electrons. The Hall–Kier alpha value is -3.90. The fourth-order valence-corrected chi connectivity index (χ4v) is 6.29. The molecule has 0 unspecified atom stereocenters. The van der Waals surface area contributed by atoms with E-state index in [4.69, 9.17) is 25.8 Å². The van der Waals surface area contributed by atoms with Crippen molar-refractivity contribution >= 4 is 33.5 Å². The maximum Gasteiger partial charge on any atom is 0.243 e. The molecule has 4 aromatic rings. The normalized spacial score (nSPS) is 15.1. The minimum atomic E-state index is -4.03. The Morgan fingerprint density at radius 3 is 2.48 bits per heavy atom. The first kappa shape index (κ1) is 29.6. The number of nitrogens with zero attached hydrogens (tertiary/aromatic N) is 3. The molecule has 1 amide bonds. The van der Waals surface area contributed by atoms with Crippen LogP contribution in [0.4, 0.5) is 5.95 Å². The van der Waals surface area contributed by atoms with E-state index in [-0.39, 0.29) is 23.5 Å². The molecule has 2 heterocycles. The van der Waals surface area contributed by atoms with Crippen LogP contribution < -0.4 is 14.8 Å². The van der Waals surface area contributed by atoms with Gasteiger partial charge in [-0.1, -0.05) is 41.9 Å². The average Bonchev–Trinajstić information content (AvgIpc) is 3.67. The standard InChI is InChI=1S/C30H31ClN4O6S/c1-39-27-15-12-23(17-28(27)40-2)35-19-26(21-7-4-3-5-8-21)32-30(35)33-29(36)20-34(18-24-9-6-16-41-24)42(37,38)25-13-10-22(31)11-14-25/h3-5,7-8,10-15,17,19,24H,6,9,16,18,20H2,1-2H3,(H,32,33,36)/t24-/m1/s1. The third-order valence-corrected chi connectivity index (χ3v) is 8.95. The molecule has 12 heteroatoms. The highest BCUT2D eigenvalue weighted by atomic mass is 35.5. The number of imidazole rings is 1. The highest BCUT2D eigenvalue weighted by molar-refractivity contribution is 7.89. The van der Waals surface area contributed by atoms with Gasteiger partial charge in [-0.25, -0.2) is 13.4 Å². The largest absolute Gasteiger partial charge is 0.493 e. The minimum absolute atomic E-state index is 0.0379. The van der Waals surface area contributed by atoms with Crippen molar-refractivity contribution in [2.24, 2.45) is 0 Å². The van der Waals surface area contributed by atoms with Gasteiger partial charge in [0, 0.05) is 36.0 Å². The smallest absolute Gasteiger partial charge is 0.243 e. The second-order valence-corrected chi connectivity index (χ2v) is 12.0. The maximum absolute atomic E-state index is 13.6. The Labute approximate surface area is 249 Å². The number of sulfonamides is 1. The molecule has 1 N–H and O–H groups in total. The number of ether oxygens (including phenoxy) is 3. The lowest BCUT2D eigenvalue weighted by Gasteiger charge is -2.24. The lowest BCUT2D eigenvalue weighted by atomic mass is 10.2. The summed E-state index contributed by atoms with van der Waals surface area (Å²) in [7, 11) is -0.944. The van der Waals surface area contributed by atoms with Gasteiger partial charge >= 0.3 is 0 Å². The van der Waals surface area contributed by atoms with Gasteiger partial charge in [0.05, 0.1) is 43.1 Å². The second kappa shape index (κ2) is 13.0. The number of amides is 1. The number of halogens is 1.